The van der Waals surface area contributed by atoms with E-state index < -0.39 is 69.1 Å². The standard InChI is InChI=1S/C10H32N4O4Si4.C9H30N4O4Si4/c1-9-10-22(18-5)13-20(7,16-3)11-19(6,15-2)12-21(8,14-22)17-4;1-9-21(17-5)12-19(7,15-3)10-18(6,14-2)11-20(8,13-21)16-4/h11-14H,9-10H2,1-8H3;10-13H,9H2,1-8H3. The average Bonchev–Trinajstić information content (AvgIpc) is 2.95. The van der Waals surface area contributed by atoms with Crippen LogP contribution in [-0.2, 0) is 35.4 Å². The molecule has 0 radical (unpaired) electrons. The lowest BCUT2D eigenvalue weighted by Gasteiger charge is -2.49. The molecule has 2 fully saturated rings. The summed E-state index contributed by atoms with van der Waals surface area (Å²) in [6.07, 6.45) is 1.02. The van der Waals surface area contributed by atoms with Gasteiger partial charge in [0.25, 0.3) is 0 Å². The molecule has 2 aliphatic rings. The summed E-state index contributed by atoms with van der Waals surface area (Å²) in [7, 11) is -5.33. The molecule has 2 heterocycles. The third kappa shape index (κ3) is 11.3. The monoisotopic (exact) mass is 754 g/mol. The Balaban J connectivity index is 0.000000430. The number of hydrogen-bond acceptors (Lipinski definition) is 16. The van der Waals surface area contributed by atoms with Crippen LogP contribution in [0.3, 0.4) is 0 Å². The molecule has 2 aliphatic heterocycles. The van der Waals surface area contributed by atoms with E-state index in [0.29, 0.717) is 0 Å². The zero-order chi connectivity index (χ0) is 33.4. The van der Waals surface area contributed by atoms with Gasteiger partial charge in [-0.05, 0) is 51.4 Å². The first kappa shape index (κ1) is 42.1. The molecule has 16 nitrogen and oxygen atoms in total. The highest BCUT2D eigenvalue weighted by Gasteiger charge is 2.58. The maximum atomic E-state index is 5.97. The van der Waals surface area contributed by atoms with E-state index in [1.165, 1.54) is 0 Å². The van der Waals surface area contributed by atoms with Gasteiger partial charge in [-0.2, -0.15) is 0 Å². The van der Waals surface area contributed by atoms with Gasteiger partial charge in [0, 0.05) is 56.9 Å². The van der Waals surface area contributed by atoms with Crippen molar-refractivity contribution >= 4 is 69.1 Å². The molecule has 8 N–H and O–H groups in total. The van der Waals surface area contributed by atoms with Gasteiger partial charge in [0.15, 0.2) is 0 Å². The van der Waals surface area contributed by atoms with Gasteiger partial charge in [0.1, 0.15) is 0 Å². The first-order valence-corrected chi connectivity index (χ1v) is 33.2. The summed E-state index contributed by atoms with van der Waals surface area (Å²) in [5.41, 5.74) is 0. The van der Waals surface area contributed by atoms with Crippen LogP contribution in [0.5, 0.6) is 0 Å². The molecule has 0 saturated carbocycles. The summed E-state index contributed by atoms with van der Waals surface area (Å²) in [5, 5.41) is 0. The molecule has 0 aromatic heterocycles. The molecule has 2 saturated heterocycles. The summed E-state index contributed by atoms with van der Waals surface area (Å²) in [6.45, 7) is 16.7. The number of nitrogens with one attached hydrogen (secondary N) is 8. The van der Waals surface area contributed by atoms with Crippen molar-refractivity contribution < 1.29 is 35.4 Å². The zero-order valence-corrected chi connectivity index (χ0v) is 37.4. The highest BCUT2D eigenvalue weighted by atomic mass is 28.5. The van der Waals surface area contributed by atoms with E-state index in [2.05, 4.69) is 90.3 Å². The lowest BCUT2D eigenvalue weighted by molar-refractivity contribution is 0.320. The van der Waals surface area contributed by atoms with Gasteiger partial charge >= 0.3 is 69.1 Å². The summed E-state index contributed by atoms with van der Waals surface area (Å²) in [5.74, 6) is 0. The fourth-order valence-corrected chi connectivity index (χ4v) is 48.9. The maximum Gasteiger partial charge on any atom is 0.343 e. The van der Waals surface area contributed by atoms with E-state index in [0.717, 1.165) is 18.5 Å². The molecule has 258 valence electrons. The predicted molar refractivity (Wildman–Crippen MR) is 188 cm³/mol. The summed E-state index contributed by atoms with van der Waals surface area (Å²) < 4.78 is 75.8. The Hall–Kier alpha value is 1.10. The molecular weight excluding hydrogens is 693 g/mol. The first-order chi connectivity index (χ1) is 19.8. The van der Waals surface area contributed by atoms with E-state index in [1.807, 2.05) is 0 Å². The van der Waals surface area contributed by atoms with E-state index in [4.69, 9.17) is 35.4 Å². The van der Waals surface area contributed by atoms with Crippen LogP contribution in [0.1, 0.15) is 20.3 Å². The third-order valence-corrected chi connectivity index (χ3v) is 45.8. The Kier molecular flexibility index (Phi) is 16.1. The molecule has 0 spiro atoms. The second-order valence-electron chi connectivity index (χ2n) is 11.6. The molecule has 0 amide bonds. The van der Waals surface area contributed by atoms with Gasteiger partial charge in [-0.25, -0.2) is 0 Å². The topological polar surface area (TPSA) is 170 Å². The van der Waals surface area contributed by atoms with Crippen molar-refractivity contribution in [3.8, 4) is 0 Å². The zero-order valence-electron chi connectivity index (χ0n) is 29.4. The molecule has 24 heteroatoms. The summed E-state index contributed by atoms with van der Waals surface area (Å²) in [4.78, 5) is 0. The van der Waals surface area contributed by atoms with E-state index >= 15 is 0 Å². The third-order valence-electron chi connectivity index (χ3n) is 7.92. The Morgan fingerprint density at radius 1 is 0.349 bits per heavy atom. The van der Waals surface area contributed by atoms with Gasteiger partial charge < -0.3 is 35.4 Å². The van der Waals surface area contributed by atoms with Crippen LogP contribution in [0.15, 0.2) is 0 Å². The Morgan fingerprint density at radius 2 is 0.581 bits per heavy atom. The number of rotatable bonds is 11. The average molecular weight is 755 g/mol. The number of hydrogen-bond donors (Lipinski definition) is 8. The lowest BCUT2D eigenvalue weighted by Crippen LogP contribution is -2.92. The normalized spacial score (nSPS) is 44.4. The Bertz CT molecular complexity index is 835. The van der Waals surface area contributed by atoms with Crippen molar-refractivity contribution in [3.63, 3.8) is 0 Å². The van der Waals surface area contributed by atoms with Crippen molar-refractivity contribution in [1.82, 2.24) is 37.2 Å². The smallest absolute Gasteiger partial charge is 0.343 e. The first-order valence-electron chi connectivity index (χ1n) is 14.5. The van der Waals surface area contributed by atoms with Crippen LogP contribution in [0.25, 0.3) is 0 Å². The molecule has 0 aliphatic carbocycles. The van der Waals surface area contributed by atoms with Crippen LogP contribution in [0.4, 0.5) is 0 Å². The minimum Gasteiger partial charge on any atom is -0.396 e. The van der Waals surface area contributed by atoms with Crippen molar-refractivity contribution in [1.29, 1.82) is 0 Å². The van der Waals surface area contributed by atoms with Crippen LogP contribution in [-0.4, -0.2) is 126 Å². The maximum absolute atomic E-state index is 5.97. The SMILES string of the molecule is CCC[Si]1(OC)N[Si](C)(OC)N[Si](C)(OC)N[Si](C)(OC)N1.CC[Si]1(OC)N[Si](C)(OC)N[Si](C)(OC)N[Si](C)(OC)N1. The minimum absolute atomic E-state index is 0.857. The fourth-order valence-electron chi connectivity index (χ4n) is 5.33. The van der Waals surface area contributed by atoms with Gasteiger partial charge in [-0.15, -0.1) is 0 Å². The molecule has 0 aromatic rings. The van der Waals surface area contributed by atoms with Crippen LogP contribution < -0.4 is 37.2 Å². The summed E-state index contributed by atoms with van der Waals surface area (Å²) in [6, 6.07) is 1.78. The van der Waals surface area contributed by atoms with Crippen molar-refractivity contribution in [2.75, 3.05) is 56.9 Å². The molecule has 43 heavy (non-hydrogen) atoms. The lowest BCUT2D eigenvalue weighted by atomic mass is 10.6. The largest absolute Gasteiger partial charge is 0.396 e. The van der Waals surface area contributed by atoms with E-state index in [-0.39, 0.29) is 0 Å². The van der Waals surface area contributed by atoms with E-state index in [9.17, 15) is 0 Å². The molecule has 0 bridgehead atoms. The Labute approximate surface area is 269 Å². The Morgan fingerprint density at radius 3 is 0.767 bits per heavy atom. The van der Waals surface area contributed by atoms with Crippen molar-refractivity contribution in [2.24, 2.45) is 0 Å². The van der Waals surface area contributed by atoms with Crippen molar-refractivity contribution in [2.45, 2.75) is 71.6 Å². The fraction of sp³-hybridized carbons (Fsp3) is 1.00. The van der Waals surface area contributed by atoms with Crippen LogP contribution in [0, 0.1) is 0 Å². The van der Waals surface area contributed by atoms with E-state index in [1.54, 1.807) is 56.9 Å². The molecule has 4 atom stereocenters. The van der Waals surface area contributed by atoms with Crippen LogP contribution >= 0.6 is 0 Å². The van der Waals surface area contributed by atoms with Crippen molar-refractivity contribution in [3.05, 3.63) is 0 Å². The highest BCUT2D eigenvalue weighted by molar-refractivity contribution is 7.02. The molecule has 0 aromatic carbocycles. The van der Waals surface area contributed by atoms with Crippen LogP contribution in [0.2, 0.25) is 51.4 Å². The molecule has 4 unspecified atom stereocenters. The highest BCUT2D eigenvalue weighted by Crippen LogP contribution is 2.19. The van der Waals surface area contributed by atoms with Gasteiger partial charge in [-0.1, -0.05) is 20.3 Å². The van der Waals surface area contributed by atoms with Gasteiger partial charge in [0.05, 0.1) is 0 Å². The quantitative estimate of drug-likeness (QED) is 0.128. The minimum atomic E-state index is -2.41. The predicted octanol–water partition coefficient (Wildman–Crippen LogP) is -0.392. The second-order valence-corrected chi connectivity index (χ2v) is 39.8. The summed E-state index contributed by atoms with van der Waals surface area (Å²) >= 11 is 0. The molecule has 2 rings (SSSR count). The molecular formula is C19H62N8O8Si8. The van der Waals surface area contributed by atoms with Gasteiger partial charge in [-0.3, -0.25) is 37.2 Å². The second kappa shape index (κ2) is 16.5. The van der Waals surface area contributed by atoms with Gasteiger partial charge in [0.2, 0.25) is 0 Å².